The average molecular weight is 265 g/mol. The molecule has 2 rings (SSSR count). The van der Waals surface area contributed by atoms with E-state index in [1.165, 1.54) is 0 Å². The highest BCUT2D eigenvalue weighted by atomic mass is 16.3. The minimum absolute atomic E-state index is 0.156. The smallest absolute Gasteiger partial charge is 0.224 e. The zero-order valence-corrected chi connectivity index (χ0v) is 12.0. The molecule has 0 atom stereocenters. The molecule has 1 aromatic rings. The number of aryl methyl sites for hydroxylation is 3. The SMILES string of the molecule is Cc1cc(C)n(CCC(=O)N2CCC(C)(O)CC2)n1. The quantitative estimate of drug-likeness (QED) is 0.895. The Balaban J connectivity index is 1.84. The number of likely N-dealkylation sites (tertiary alicyclic amines) is 1. The Hall–Kier alpha value is -1.36. The number of aliphatic hydroxyl groups is 1. The van der Waals surface area contributed by atoms with Gasteiger partial charge in [0.15, 0.2) is 0 Å². The molecule has 19 heavy (non-hydrogen) atoms. The normalized spacial score (nSPS) is 18.6. The van der Waals surface area contributed by atoms with Crippen LogP contribution in [0.1, 0.15) is 37.6 Å². The fraction of sp³-hybridized carbons (Fsp3) is 0.714. The molecular formula is C14H23N3O2. The lowest BCUT2D eigenvalue weighted by atomic mass is 9.94. The van der Waals surface area contributed by atoms with Crippen LogP contribution in [0.5, 0.6) is 0 Å². The van der Waals surface area contributed by atoms with E-state index in [1.54, 1.807) is 0 Å². The minimum atomic E-state index is -0.605. The second-order valence-corrected chi connectivity index (χ2v) is 5.78. The fourth-order valence-corrected chi connectivity index (χ4v) is 2.50. The third-order valence-corrected chi connectivity index (χ3v) is 3.83. The molecule has 0 bridgehead atoms. The van der Waals surface area contributed by atoms with Crippen LogP contribution < -0.4 is 0 Å². The first-order valence-electron chi connectivity index (χ1n) is 6.89. The Morgan fingerprint density at radius 2 is 2.05 bits per heavy atom. The molecule has 0 radical (unpaired) electrons. The Bertz CT molecular complexity index is 455. The third kappa shape index (κ3) is 3.56. The van der Waals surface area contributed by atoms with Gasteiger partial charge in [-0.1, -0.05) is 0 Å². The highest BCUT2D eigenvalue weighted by molar-refractivity contribution is 5.76. The van der Waals surface area contributed by atoms with Crippen LogP contribution in [-0.2, 0) is 11.3 Å². The van der Waals surface area contributed by atoms with Crippen molar-refractivity contribution >= 4 is 5.91 Å². The van der Waals surface area contributed by atoms with Crippen molar-refractivity contribution in [3.63, 3.8) is 0 Å². The van der Waals surface area contributed by atoms with Gasteiger partial charge in [-0.3, -0.25) is 9.48 Å². The third-order valence-electron chi connectivity index (χ3n) is 3.83. The van der Waals surface area contributed by atoms with Gasteiger partial charge >= 0.3 is 0 Å². The van der Waals surface area contributed by atoms with Crippen molar-refractivity contribution in [3.05, 3.63) is 17.5 Å². The molecule has 0 unspecified atom stereocenters. The molecule has 5 nitrogen and oxygen atoms in total. The summed E-state index contributed by atoms with van der Waals surface area (Å²) < 4.78 is 1.88. The van der Waals surface area contributed by atoms with Crippen LogP contribution in [0.2, 0.25) is 0 Å². The Morgan fingerprint density at radius 1 is 1.42 bits per heavy atom. The molecule has 0 spiro atoms. The molecular weight excluding hydrogens is 242 g/mol. The summed E-state index contributed by atoms with van der Waals surface area (Å²) in [6.07, 6.45) is 1.81. The Labute approximate surface area is 114 Å². The van der Waals surface area contributed by atoms with Crippen molar-refractivity contribution < 1.29 is 9.90 Å². The van der Waals surface area contributed by atoms with E-state index in [2.05, 4.69) is 5.10 Å². The standard InChI is InChI=1S/C14H23N3O2/c1-11-10-12(2)17(15-11)7-4-13(18)16-8-5-14(3,19)6-9-16/h10,19H,4-9H2,1-3H3. The number of carbonyl (C=O) groups is 1. The zero-order chi connectivity index (χ0) is 14.0. The first kappa shape index (κ1) is 14.1. The summed E-state index contributed by atoms with van der Waals surface area (Å²) in [5.74, 6) is 0.156. The van der Waals surface area contributed by atoms with Crippen LogP contribution in [0.3, 0.4) is 0 Å². The van der Waals surface area contributed by atoms with Gasteiger partial charge < -0.3 is 10.0 Å². The zero-order valence-electron chi connectivity index (χ0n) is 12.0. The lowest BCUT2D eigenvalue weighted by Gasteiger charge is -2.35. The summed E-state index contributed by atoms with van der Waals surface area (Å²) in [6.45, 7) is 7.74. The number of hydrogen-bond donors (Lipinski definition) is 1. The number of piperidine rings is 1. The van der Waals surface area contributed by atoms with Crippen molar-refractivity contribution in [1.29, 1.82) is 0 Å². The molecule has 0 saturated carbocycles. The van der Waals surface area contributed by atoms with Crippen molar-refractivity contribution in [2.75, 3.05) is 13.1 Å². The molecule has 106 valence electrons. The summed E-state index contributed by atoms with van der Waals surface area (Å²) in [6, 6.07) is 2.02. The van der Waals surface area contributed by atoms with Gasteiger partial charge in [-0.25, -0.2) is 0 Å². The van der Waals surface area contributed by atoms with Gasteiger partial charge in [-0.05, 0) is 39.7 Å². The van der Waals surface area contributed by atoms with E-state index in [0.29, 0.717) is 38.9 Å². The van der Waals surface area contributed by atoms with Gasteiger partial charge in [-0.15, -0.1) is 0 Å². The van der Waals surface area contributed by atoms with Gasteiger partial charge in [0.2, 0.25) is 5.91 Å². The predicted molar refractivity (Wildman–Crippen MR) is 72.8 cm³/mol. The molecule has 1 saturated heterocycles. The number of hydrogen-bond acceptors (Lipinski definition) is 3. The molecule has 2 heterocycles. The van der Waals surface area contributed by atoms with Crippen molar-refractivity contribution in [2.45, 2.75) is 52.2 Å². The Morgan fingerprint density at radius 3 is 2.58 bits per heavy atom. The molecule has 1 fully saturated rings. The monoisotopic (exact) mass is 265 g/mol. The fourth-order valence-electron chi connectivity index (χ4n) is 2.50. The lowest BCUT2D eigenvalue weighted by molar-refractivity contribution is -0.135. The summed E-state index contributed by atoms with van der Waals surface area (Å²) in [5.41, 5.74) is 1.47. The molecule has 0 aromatic carbocycles. The number of aromatic nitrogens is 2. The average Bonchev–Trinajstić information content (AvgIpc) is 2.65. The molecule has 1 aliphatic heterocycles. The van der Waals surface area contributed by atoms with Crippen molar-refractivity contribution in [1.82, 2.24) is 14.7 Å². The minimum Gasteiger partial charge on any atom is -0.390 e. The van der Waals surface area contributed by atoms with E-state index in [0.717, 1.165) is 11.4 Å². The summed E-state index contributed by atoms with van der Waals surface area (Å²) in [7, 11) is 0. The van der Waals surface area contributed by atoms with Gasteiger partial charge in [0.1, 0.15) is 0 Å². The maximum atomic E-state index is 12.1. The number of nitrogens with zero attached hydrogens (tertiary/aromatic N) is 3. The topological polar surface area (TPSA) is 58.4 Å². The van der Waals surface area contributed by atoms with Crippen molar-refractivity contribution in [3.8, 4) is 0 Å². The summed E-state index contributed by atoms with van der Waals surface area (Å²) in [5, 5.41) is 14.2. The van der Waals surface area contributed by atoms with Crippen molar-refractivity contribution in [2.24, 2.45) is 0 Å². The van der Waals surface area contributed by atoms with E-state index in [-0.39, 0.29) is 5.91 Å². The predicted octanol–water partition coefficient (Wildman–Crippen LogP) is 1.26. The summed E-state index contributed by atoms with van der Waals surface area (Å²) >= 11 is 0. The van der Waals surface area contributed by atoms with E-state index in [9.17, 15) is 9.90 Å². The van der Waals surface area contributed by atoms with Crippen LogP contribution in [0.15, 0.2) is 6.07 Å². The van der Waals surface area contributed by atoms with Gasteiger partial charge in [0.05, 0.1) is 11.3 Å². The van der Waals surface area contributed by atoms with Gasteiger partial charge in [-0.2, -0.15) is 5.10 Å². The first-order chi connectivity index (χ1) is 8.87. The largest absolute Gasteiger partial charge is 0.390 e. The lowest BCUT2D eigenvalue weighted by Crippen LogP contribution is -2.45. The van der Waals surface area contributed by atoms with E-state index < -0.39 is 5.60 Å². The van der Waals surface area contributed by atoms with Crippen LogP contribution in [-0.4, -0.2) is 44.4 Å². The highest BCUT2D eigenvalue weighted by Gasteiger charge is 2.29. The molecule has 5 heteroatoms. The number of carbonyl (C=O) groups excluding carboxylic acids is 1. The van der Waals surface area contributed by atoms with Crippen LogP contribution in [0.25, 0.3) is 0 Å². The molecule has 0 aliphatic carbocycles. The molecule has 1 aromatic heterocycles. The van der Waals surface area contributed by atoms with Gasteiger partial charge in [0.25, 0.3) is 0 Å². The molecule has 1 amide bonds. The first-order valence-corrected chi connectivity index (χ1v) is 6.89. The second kappa shape index (κ2) is 5.33. The van der Waals surface area contributed by atoms with Crippen LogP contribution >= 0.6 is 0 Å². The van der Waals surface area contributed by atoms with Crippen LogP contribution in [0, 0.1) is 13.8 Å². The number of rotatable bonds is 3. The van der Waals surface area contributed by atoms with E-state index >= 15 is 0 Å². The maximum absolute atomic E-state index is 12.1. The molecule has 1 aliphatic rings. The molecule has 1 N–H and O–H groups in total. The van der Waals surface area contributed by atoms with Crippen LogP contribution in [0.4, 0.5) is 0 Å². The van der Waals surface area contributed by atoms with E-state index in [1.807, 2.05) is 36.4 Å². The highest BCUT2D eigenvalue weighted by Crippen LogP contribution is 2.21. The summed E-state index contributed by atoms with van der Waals surface area (Å²) in [4.78, 5) is 14.0. The Kier molecular flexibility index (Phi) is 3.94. The number of amides is 1. The van der Waals surface area contributed by atoms with E-state index in [4.69, 9.17) is 0 Å². The van der Waals surface area contributed by atoms with Gasteiger partial charge in [0, 0.05) is 31.7 Å². The second-order valence-electron chi connectivity index (χ2n) is 5.78. The maximum Gasteiger partial charge on any atom is 0.224 e.